The number of nitrogens with zero attached hydrogens (tertiary/aromatic N) is 1. The van der Waals surface area contributed by atoms with E-state index in [0.717, 1.165) is 11.1 Å². The predicted molar refractivity (Wildman–Crippen MR) is 87.1 cm³/mol. The molecule has 2 aromatic carbocycles. The van der Waals surface area contributed by atoms with Crippen molar-refractivity contribution in [3.8, 4) is 28.3 Å². The molecule has 3 aromatic rings. The van der Waals surface area contributed by atoms with E-state index in [0.29, 0.717) is 11.1 Å². The molecule has 0 unspecified atom stereocenters. The highest BCUT2D eigenvalue weighted by molar-refractivity contribution is 5.89. The van der Waals surface area contributed by atoms with Crippen LogP contribution in [-0.4, -0.2) is 4.98 Å². The minimum atomic E-state index is -0.304. The lowest BCUT2D eigenvalue weighted by atomic mass is 9.92. The molecular weight excluding hydrogens is 274 g/mol. The van der Waals surface area contributed by atoms with Crippen molar-refractivity contribution < 1.29 is 0 Å². The van der Waals surface area contributed by atoms with E-state index in [1.165, 1.54) is 0 Å². The van der Waals surface area contributed by atoms with E-state index in [9.17, 15) is 10.1 Å². The average molecular weight is 287 g/mol. The van der Waals surface area contributed by atoms with E-state index >= 15 is 0 Å². The lowest BCUT2D eigenvalue weighted by Gasteiger charge is -2.13. The van der Waals surface area contributed by atoms with E-state index in [1.807, 2.05) is 60.7 Å². The molecular formula is C18H13N3O. The summed E-state index contributed by atoms with van der Waals surface area (Å²) in [6.45, 7) is 0. The first kappa shape index (κ1) is 13.7. The van der Waals surface area contributed by atoms with Gasteiger partial charge in [0.2, 0.25) is 0 Å². The SMILES string of the molecule is N#Cc1c(N)[nH]c(=O)c(-c2ccccc2)c1-c1ccccc1. The van der Waals surface area contributed by atoms with Crippen molar-refractivity contribution in [2.24, 2.45) is 0 Å². The van der Waals surface area contributed by atoms with Gasteiger partial charge >= 0.3 is 0 Å². The molecule has 0 aliphatic carbocycles. The number of hydrogen-bond acceptors (Lipinski definition) is 3. The predicted octanol–water partition coefficient (Wildman–Crippen LogP) is 3.16. The third-order valence-corrected chi connectivity index (χ3v) is 3.48. The van der Waals surface area contributed by atoms with E-state index in [4.69, 9.17) is 5.73 Å². The highest BCUT2D eigenvalue weighted by Gasteiger charge is 2.18. The van der Waals surface area contributed by atoms with Crippen molar-refractivity contribution in [2.45, 2.75) is 0 Å². The van der Waals surface area contributed by atoms with Gasteiger partial charge in [-0.15, -0.1) is 0 Å². The van der Waals surface area contributed by atoms with Crippen molar-refractivity contribution in [3.63, 3.8) is 0 Å². The molecule has 0 bridgehead atoms. The molecule has 0 aliphatic heterocycles. The van der Waals surface area contributed by atoms with Crippen LogP contribution in [-0.2, 0) is 0 Å². The highest BCUT2D eigenvalue weighted by atomic mass is 16.1. The van der Waals surface area contributed by atoms with Crippen LogP contribution in [0.2, 0.25) is 0 Å². The Morgan fingerprint density at radius 3 is 1.86 bits per heavy atom. The number of H-pyrrole nitrogens is 1. The fraction of sp³-hybridized carbons (Fsp3) is 0. The lowest BCUT2D eigenvalue weighted by Crippen LogP contribution is -2.15. The van der Waals surface area contributed by atoms with Crippen molar-refractivity contribution in [3.05, 3.63) is 76.6 Å². The number of aromatic amines is 1. The van der Waals surface area contributed by atoms with Crippen molar-refractivity contribution in [1.29, 1.82) is 5.26 Å². The minimum Gasteiger partial charge on any atom is -0.384 e. The summed E-state index contributed by atoms with van der Waals surface area (Å²) in [6.07, 6.45) is 0. The molecule has 0 saturated heterocycles. The number of hydrogen-bond donors (Lipinski definition) is 2. The Morgan fingerprint density at radius 1 is 0.864 bits per heavy atom. The van der Waals surface area contributed by atoms with E-state index < -0.39 is 0 Å². The number of aromatic nitrogens is 1. The molecule has 0 spiro atoms. The zero-order valence-electron chi connectivity index (χ0n) is 11.7. The Bertz CT molecular complexity index is 907. The number of nitrogens with two attached hydrogens (primary N) is 1. The number of nitrogens with one attached hydrogen (secondary N) is 1. The van der Waals surface area contributed by atoms with Crippen LogP contribution in [0.25, 0.3) is 22.3 Å². The maximum absolute atomic E-state index is 12.5. The second-order valence-electron chi connectivity index (χ2n) is 4.84. The summed E-state index contributed by atoms with van der Waals surface area (Å²) >= 11 is 0. The van der Waals surface area contributed by atoms with Crippen molar-refractivity contribution in [2.75, 3.05) is 5.73 Å². The molecule has 106 valence electrons. The summed E-state index contributed by atoms with van der Waals surface area (Å²) in [7, 11) is 0. The monoisotopic (exact) mass is 287 g/mol. The maximum Gasteiger partial charge on any atom is 0.258 e. The van der Waals surface area contributed by atoms with Crippen LogP contribution in [0.15, 0.2) is 65.5 Å². The quantitative estimate of drug-likeness (QED) is 0.759. The van der Waals surface area contributed by atoms with Gasteiger partial charge in [-0.25, -0.2) is 0 Å². The van der Waals surface area contributed by atoms with Gasteiger partial charge in [-0.2, -0.15) is 5.26 Å². The van der Waals surface area contributed by atoms with E-state index in [-0.39, 0.29) is 16.9 Å². The Morgan fingerprint density at radius 2 is 1.36 bits per heavy atom. The number of pyridine rings is 1. The van der Waals surface area contributed by atoms with Crippen LogP contribution in [0.1, 0.15) is 5.56 Å². The van der Waals surface area contributed by atoms with E-state index in [1.54, 1.807) is 0 Å². The standard InChI is InChI=1S/C18H13N3O/c19-11-14-15(12-7-3-1-4-8-12)16(18(22)21-17(14)20)13-9-5-2-6-10-13/h1-10H,(H3,20,21,22). The van der Waals surface area contributed by atoms with Gasteiger partial charge in [0.25, 0.3) is 5.56 Å². The molecule has 0 aliphatic rings. The van der Waals surface area contributed by atoms with Crippen LogP contribution >= 0.6 is 0 Å². The Hall–Kier alpha value is -3.32. The number of nitrogen functional groups attached to an aromatic ring is 1. The number of rotatable bonds is 2. The molecule has 0 atom stereocenters. The molecule has 0 radical (unpaired) electrons. The van der Waals surface area contributed by atoms with Gasteiger partial charge in [-0.1, -0.05) is 60.7 Å². The minimum absolute atomic E-state index is 0.0889. The van der Waals surface area contributed by atoms with Crippen LogP contribution < -0.4 is 11.3 Å². The van der Waals surface area contributed by atoms with Crippen LogP contribution in [0.5, 0.6) is 0 Å². The third-order valence-electron chi connectivity index (χ3n) is 3.48. The molecule has 0 saturated carbocycles. The van der Waals surface area contributed by atoms with Crippen LogP contribution in [0.3, 0.4) is 0 Å². The molecule has 1 heterocycles. The summed E-state index contributed by atoms with van der Waals surface area (Å²) in [6, 6.07) is 20.7. The average Bonchev–Trinajstić information content (AvgIpc) is 2.56. The largest absolute Gasteiger partial charge is 0.384 e. The summed E-state index contributed by atoms with van der Waals surface area (Å²) in [5, 5.41) is 9.47. The molecule has 4 nitrogen and oxygen atoms in total. The van der Waals surface area contributed by atoms with Gasteiger partial charge in [-0.3, -0.25) is 4.79 Å². The molecule has 4 heteroatoms. The first-order valence-electron chi connectivity index (χ1n) is 6.79. The van der Waals surface area contributed by atoms with E-state index in [2.05, 4.69) is 11.1 Å². The van der Waals surface area contributed by atoms with Gasteiger partial charge in [0.05, 0.1) is 5.56 Å². The first-order valence-corrected chi connectivity index (χ1v) is 6.79. The first-order chi connectivity index (χ1) is 10.7. The number of nitriles is 1. The molecule has 3 N–H and O–H groups in total. The smallest absolute Gasteiger partial charge is 0.258 e. The summed E-state index contributed by atoms with van der Waals surface area (Å²) < 4.78 is 0. The topological polar surface area (TPSA) is 82.7 Å². The molecule has 22 heavy (non-hydrogen) atoms. The summed E-state index contributed by atoms with van der Waals surface area (Å²) in [4.78, 5) is 15.0. The lowest BCUT2D eigenvalue weighted by molar-refractivity contribution is 1.24. The molecule has 0 fully saturated rings. The van der Waals surface area contributed by atoms with Crippen LogP contribution in [0, 0.1) is 11.3 Å². The van der Waals surface area contributed by atoms with Gasteiger partial charge in [-0.05, 0) is 11.1 Å². The molecule has 3 rings (SSSR count). The zero-order chi connectivity index (χ0) is 15.5. The number of anilines is 1. The zero-order valence-corrected chi connectivity index (χ0v) is 11.7. The second kappa shape index (κ2) is 5.58. The van der Waals surface area contributed by atoms with Crippen LogP contribution in [0.4, 0.5) is 5.82 Å². The Kier molecular flexibility index (Phi) is 3.47. The van der Waals surface area contributed by atoms with Crippen molar-refractivity contribution in [1.82, 2.24) is 4.98 Å². The van der Waals surface area contributed by atoms with Gasteiger partial charge < -0.3 is 10.7 Å². The fourth-order valence-corrected chi connectivity index (χ4v) is 2.51. The molecule has 1 aromatic heterocycles. The van der Waals surface area contributed by atoms with Crippen molar-refractivity contribution >= 4 is 5.82 Å². The Balaban J connectivity index is 2.45. The molecule has 0 amide bonds. The maximum atomic E-state index is 12.5. The van der Waals surface area contributed by atoms with Gasteiger partial charge in [0, 0.05) is 5.56 Å². The summed E-state index contributed by atoms with van der Waals surface area (Å²) in [5.74, 6) is 0.0889. The van der Waals surface area contributed by atoms with Gasteiger partial charge in [0.15, 0.2) is 0 Å². The number of benzene rings is 2. The fourth-order valence-electron chi connectivity index (χ4n) is 2.51. The normalized spacial score (nSPS) is 10.1. The summed E-state index contributed by atoms with van der Waals surface area (Å²) in [5.41, 5.74) is 8.38. The Labute approximate surface area is 127 Å². The second-order valence-corrected chi connectivity index (χ2v) is 4.84. The third kappa shape index (κ3) is 2.25. The van der Waals surface area contributed by atoms with Gasteiger partial charge in [0.1, 0.15) is 17.5 Å². The highest BCUT2D eigenvalue weighted by Crippen LogP contribution is 2.33.